The lowest BCUT2D eigenvalue weighted by atomic mass is 10.1. The molecule has 98 valence electrons. The second-order valence-corrected chi connectivity index (χ2v) is 5.64. The fraction of sp³-hybridized carbons (Fsp3) is 0.769. The van der Waals surface area contributed by atoms with Crippen molar-refractivity contribution in [2.45, 2.75) is 46.1 Å². The van der Waals surface area contributed by atoms with E-state index in [1.807, 2.05) is 17.9 Å². The average Bonchev–Trinajstić information content (AvgIpc) is 2.53. The van der Waals surface area contributed by atoms with E-state index in [0.717, 1.165) is 17.9 Å². The summed E-state index contributed by atoms with van der Waals surface area (Å²) < 4.78 is 7.52. The molecule has 0 radical (unpaired) electrons. The van der Waals surface area contributed by atoms with Crippen LogP contribution in [0, 0.1) is 0 Å². The fourth-order valence-electron chi connectivity index (χ4n) is 1.61. The minimum absolute atomic E-state index is 0.0719. The number of nitrogens with zero attached hydrogens (tertiary/aromatic N) is 2. The van der Waals surface area contributed by atoms with Crippen LogP contribution in [0.15, 0.2) is 6.20 Å². The number of rotatable bonds is 5. The summed E-state index contributed by atoms with van der Waals surface area (Å²) in [6.07, 6.45) is 2.02. The maximum Gasteiger partial charge on any atom is 0.0881 e. The summed E-state index contributed by atoms with van der Waals surface area (Å²) in [6.45, 7) is 12.0. The molecule has 1 aromatic heterocycles. The van der Waals surface area contributed by atoms with Gasteiger partial charge in [0.05, 0.1) is 23.6 Å². The number of anilines is 1. The van der Waals surface area contributed by atoms with Gasteiger partial charge in [-0.05, 0) is 26.7 Å². The zero-order valence-corrected chi connectivity index (χ0v) is 11.9. The molecular weight excluding hydrogens is 214 g/mol. The van der Waals surface area contributed by atoms with Gasteiger partial charge in [0.1, 0.15) is 0 Å². The van der Waals surface area contributed by atoms with Crippen LogP contribution < -0.4 is 5.32 Å². The van der Waals surface area contributed by atoms with Gasteiger partial charge in [0, 0.05) is 19.8 Å². The molecule has 0 saturated heterocycles. The monoisotopic (exact) mass is 239 g/mol. The van der Waals surface area contributed by atoms with Crippen LogP contribution >= 0.6 is 0 Å². The normalized spacial score (nSPS) is 12.2. The topological polar surface area (TPSA) is 39.1 Å². The third kappa shape index (κ3) is 4.77. The quantitative estimate of drug-likeness (QED) is 0.803. The number of aromatic nitrogens is 2. The Bertz CT molecular complexity index is 350. The number of ether oxygens (including phenoxy) is 1. The molecule has 4 nitrogen and oxygen atoms in total. The van der Waals surface area contributed by atoms with Crippen molar-refractivity contribution in [3.63, 3.8) is 0 Å². The van der Waals surface area contributed by atoms with E-state index in [-0.39, 0.29) is 5.60 Å². The Morgan fingerprint density at radius 1 is 1.41 bits per heavy atom. The molecule has 0 amide bonds. The lowest BCUT2D eigenvalue weighted by Crippen LogP contribution is -2.23. The Labute approximate surface area is 104 Å². The smallest absolute Gasteiger partial charge is 0.0881 e. The molecule has 1 heterocycles. The molecule has 1 aromatic rings. The largest absolute Gasteiger partial charge is 0.380 e. The molecule has 1 N–H and O–H groups in total. The van der Waals surface area contributed by atoms with Gasteiger partial charge in [-0.1, -0.05) is 13.8 Å². The van der Waals surface area contributed by atoms with Gasteiger partial charge in [-0.2, -0.15) is 5.10 Å². The predicted octanol–water partition coefficient (Wildman–Crippen LogP) is 2.77. The highest BCUT2D eigenvalue weighted by Gasteiger charge is 2.12. The van der Waals surface area contributed by atoms with Gasteiger partial charge in [0.25, 0.3) is 0 Å². The summed E-state index contributed by atoms with van der Waals surface area (Å²) in [5.74, 6) is 0.433. The first-order valence-electron chi connectivity index (χ1n) is 6.21. The van der Waals surface area contributed by atoms with Crippen LogP contribution in [0.2, 0.25) is 0 Å². The van der Waals surface area contributed by atoms with Crippen molar-refractivity contribution in [2.75, 3.05) is 18.5 Å². The van der Waals surface area contributed by atoms with Crippen LogP contribution in [-0.2, 0) is 11.8 Å². The summed E-state index contributed by atoms with van der Waals surface area (Å²) in [6, 6.07) is 0. The molecule has 0 bridgehead atoms. The highest BCUT2D eigenvalue weighted by molar-refractivity contribution is 5.47. The van der Waals surface area contributed by atoms with Crippen molar-refractivity contribution in [1.29, 1.82) is 0 Å². The third-order valence-corrected chi connectivity index (χ3v) is 2.36. The zero-order valence-electron chi connectivity index (χ0n) is 11.9. The highest BCUT2D eigenvalue weighted by atomic mass is 16.5. The summed E-state index contributed by atoms with van der Waals surface area (Å²) in [5.41, 5.74) is 2.15. The number of hydrogen-bond donors (Lipinski definition) is 1. The molecule has 1 rings (SSSR count). The van der Waals surface area contributed by atoms with Crippen molar-refractivity contribution in [3.05, 3.63) is 11.9 Å². The van der Waals surface area contributed by atoms with Crippen molar-refractivity contribution >= 4 is 5.69 Å². The number of aryl methyl sites for hydroxylation is 1. The van der Waals surface area contributed by atoms with Crippen LogP contribution in [-0.4, -0.2) is 28.5 Å². The first-order valence-corrected chi connectivity index (χ1v) is 6.21. The minimum Gasteiger partial charge on any atom is -0.380 e. The molecule has 0 aliphatic carbocycles. The van der Waals surface area contributed by atoms with E-state index in [0.29, 0.717) is 12.5 Å². The Kier molecular flexibility index (Phi) is 4.57. The molecule has 0 fully saturated rings. The van der Waals surface area contributed by atoms with E-state index in [1.54, 1.807) is 0 Å². The van der Waals surface area contributed by atoms with Gasteiger partial charge in [0.15, 0.2) is 0 Å². The van der Waals surface area contributed by atoms with Crippen LogP contribution in [0.1, 0.15) is 46.2 Å². The van der Waals surface area contributed by atoms with Crippen molar-refractivity contribution in [1.82, 2.24) is 9.78 Å². The van der Waals surface area contributed by atoms with Gasteiger partial charge in [-0.3, -0.25) is 4.68 Å². The molecule has 0 aliphatic heterocycles. The minimum atomic E-state index is -0.0719. The average molecular weight is 239 g/mol. The molecule has 0 spiro atoms. The van der Waals surface area contributed by atoms with Crippen LogP contribution in [0.25, 0.3) is 0 Å². The summed E-state index contributed by atoms with van der Waals surface area (Å²) >= 11 is 0. The third-order valence-electron chi connectivity index (χ3n) is 2.36. The van der Waals surface area contributed by atoms with Crippen molar-refractivity contribution < 1.29 is 4.74 Å². The number of hydrogen-bond acceptors (Lipinski definition) is 3. The molecule has 0 aliphatic rings. The first kappa shape index (κ1) is 14.0. The van der Waals surface area contributed by atoms with Gasteiger partial charge in [-0.25, -0.2) is 0 Å². The Morgan fingerprint density at radius 3 is 2.59 bits per heavy atom. The molecule has 0 saturated carbocycles. The van der Waals surface area contributed by atoms with Crippen LogP contribution in [0.5, 0.6) is 0 Å². The summed E-state index contributed by atoms with van der Waals surface area (Å²) in [4.78, 5) is 0. The second-order valence-electron chi connectivity index (χ2n) is 5.64. The van der Waals surface area contributed by atoms with E-state index < -0.39 is 0 Å². The molecule has 0 aromatic carbocycles. The lowest BCUT2D eigenvalue weighted by molar-refractivity contribution is 0.00333. The Balaban J connectivity index is 2.46. The van der Waals surface area contributed by atoms with E-state index in [2.05, 4.69) is 45.0 Å². The van der Waals surface area contributed by atoms with Gasteiger partial charge >= 0.3 is 0 Å². The van der Waals surface area contributed by atoms with Crippen molar-refractivity contribution in [3.8, 4) is 0 Å². The SMILES string of the molecule is CC(C)c1nn(C)cc1NCCOC(C)(C)C. The Hall–Kier alpha value is -1.03. The van der Waals surface area contributed by atoms with Crippen molar-refractivity contribution in [2.24, 2.45) is 7.05 Å². The van der Waals surface area contributed by atoms with Gasteiger partial charge in [-0.15, -0.1) is 0 Å². The van der Waals surface area contributed by atoms with Gasteiger partial charge in [0.2, 0.25) is 0 Å². The van der Waals surface area contributed by atoms with E-state index in [9.17, 15) is 0 Å². The van der Waals surface area contributed by atoms with E-state index >= 15 is 0 Å². The maximum absolute atomic E-state index is 5.67. The summed E-state index contributed by atoms with van der Waals surface area (Å²) in [7, 11) is 1.95. The van der Waals surface area contributed by atoms with E-state index in [1.165, 1.54) is 0 Å². The van der Waals surface area contributed by atoms with Crippen LogP contribution in [0.3, 0.4) is 0 Å². The molecule has 0 unspecified atom stereocenters. The molecule has 17 heavy (non-hydrogen) atoms. The maximum atomic E-state index is 5.67. The first-order chi connectivity index (χ1) is 7.79. The molecule has 4 heteroatoms. The lowest BCUT2D eigenvalue weighted by Gasteiger charge is -2.19. The van der Waals surface area contributed by atoms with E-state index in [4.69, 9.17) is 4.74 Å². The molecule has 0 atom stereocenters. The number of nitrogens with one attached hydrogen (secondary N) is 1. The predicted molar refractivity (Wildman–Crippen MR) is 71.5 cm³/mol. The van der Waals surface area contributed by atoms with Crippen LogP contribution in [0.4, 0.5) is 5.69 Å². The zero-order chi connectivity index (χ0) is 13.1. The standard InChI is InChI=1S/C13H25N3O/c1-10(2)12-11(9-16(6)15-12)14-7-8-17-13(3,4)5/h9-10,14H,7-8H2,1-6H3. The summed E-state index contributed by atoms with van der Waals surface area (Å²) in [5, 5.41) is 7.83. The molecular formula is C13H25N3O. The highest BCUT2D eigenvalue weighted by Crippen LogP contribution is 2.21. The fourth-order valence-corrected chi connectivity index (χ4v) is 1.61. The Morgan fingerprint density at radius 2 is 2.06 bits per heavy atom. The second kappa shape index (κ2) is 5.54. The van der Waals surface area contributed by atoms with Gasteiger partial charge < -0.3 is 10.1 Å².